The van der Waals surface area contributed by atoms with Crippen molar-refractivity contribution < 1.29 is 0 Å². The third-order valence-electron chi connectivity index (χ3n) is 2.24. The Morgan fingerprint density at radius 3 is 2.46 bits per heavy atom. The van der Waals surface area contributed by atoms with E-state index in [1.807, 2.05) is 0 Å². The standard InChI is InChI=1S/C10H20N2.CH4/c1-3-4-5-6-7-12-9-8-11(2)10-12;/h8-9H,3-7,10H2,1-2H3;1H4. The number of unbranched alkanes of at least 4 members (excludes halogenated alkanes) is 3. The Balaban J connectivity index is 0.00000144. The zero-order valence-electron chi connectivity index (χ0n) is 8.29. The van der Waals surface area contributed by atoms with Gasteiger partial charge >= 0.3 is 0 Å². The van der Waals surface area contributed by atoms with Crippen LogP contribution in [0.25, 0.3) is 0 Å². The average Bonchev–Trinajstić information content (AvgIpc) is 2.45. The zero-order valence-corrected chi connectivity index (χ0v) is 8.29. The quantitative estimate of drug-likeness (QED) is 0.606. The van der Waals surface area contributed by atoms with Crippen molar-refractivity contribution in [1.29, 1.82) is 0 Å². The van der Waals surface area contributed by atoms with Crippen molar-refractivity contribution in [2.24, 2.45) is 0 Å². The lowest BCUT2D eigenvalue weighted by Gasteiger charge is -2.17. The molecule has 0 bridgehead atoms. The summed E-state index contributed by atoms with van der Waals surface area (Å²) in [5.41, 5.74) is 0. The van der Waals surface area contributed by atoms with Crippen LogP contribution in [0.4, 0.5) is 0 Å². The summed E-state index contributed by atoms with van der Waals surface area (Å²) in [6.07, 6.45) is 9.76. The van der Waals surface area contributed by atoms with E-state index in [4.69, 9.17) is 0 Å². The summed E-state index contributed by atoms with van der Waals surface area (Å²) < 4.78 is 0. The van der Waals surface area contributed by atoms with Gasteiger partial charge in [0.2, 0.25) is 0 Å². The van der Waals surface area contributed by atoms with E-state index in [1.54, 1.807) is 0 Å². The van der Waals surface area contributed by atoms with Crippen molar-refractivity contribution in [3.05, 3.63) is 12.4 Å². The highest BCUT2D eigenvalue weighted by molar-refractivity contribution is 4.88. The topological polar surface area (TPSA) is 6.48 Å². The average molecular weight is 184 g/mol. The van der Waals surface area contributed by atoms with E-state index in [0.29, 0.717) is 0 Å². The van der Waals surface area contributed by atoms with Crippen LogP contribution >= 0.6 is 0 Å². The molecule has 1 rings (SSSR count). The van der Waals surface area contributed by atoms with Gasteiger partial charge in [0.25, 0.3) is 0 Å². The van der Waals surface area contributed by atoms with Gasteiger partial charge in [-0.2, -0.15) is 0 Å². The van der Waals surface area contributed by atoms with Crippen LogP contribution in [0.5, 0.6) is 0 Å². The fraction of sp³-hybridized carbons (Fsp3) is 0.818. The van der Waals surface area contributed by atoms with Crippen LogP contribution in [0, 0.1) is 0 Å². The first-order valence-electron chi connectivity index (χ1n) is 4.95. The molecule has 0 aromatic heterocycles. The first kappa shape index (κ1) is 12.3. The van der Waals surface area contributed by atoms with Crippen molar-refractivity contribution >= 4 is 0 Å². The van der Waals surface area contributed by atoms with Crippen LogP contribution in [-0.2, 0) is 0 Å². The molecule has 1 heterocycles. The van der Waals surface area contributed by atoms with Crippen LogP contribution in [0.15, 0.2) is 12.4 Å². The zero-order chi connectivity index (χ0) is 8.81. The van der Waals surface area contributed by atoms with E-state index in [1.165, 1.54) is 32.2 Å². The van der Waals surface area contributed by atoms with Gasteiger partial charge in [0.15, 0.2) is 0 Å². The van der Waals surface area contributed by atoms with E-state index in [-0.39, 0.29) is 7.43 Å². The van der Waals surface area contributed by atoms with Crippen molar-refractivity contribution in [2.45, 2.75) is 40.0 Å². The van der Waals surface area contributed by atoms with Gasteiger partial charge in [0, 0.05) is 26.0 Å². The molecule has 2 nitrogen and oxygen atoms in total. The summed E-state index contributed by atoms with van der Waals surface area (Å²) in [5, 5.41) is 0. The van der Waals surface area contributed by atoms with Crippen molar-refractivity contribution in [2.75, 3.05) is 20.3 Å². The Hall–Kier alpha value is -0.660. The fourth-order valence-corrected chi connectivity index (χ4v) is 1.48. The second-order valence-corrected chi connectivity index (χ2v) is 3.57. The van der Waals surface area contributed by atoms with E-state index < -0.39 is 0 Å². The highest BCUT2D eigenvalue weighted by Gasteiger charge is 2.06. The van der Waals surface area contributed by atoms with E-state index >= 15 is 0 Å². The maximum atomic E-state index is 2.37. The number of hydrogen-bond acceptors (Lipinski definition) is 2. The third kappa shape index (κ3) is 4.81. The minimum atomic E-state index is 0. The number of rotatable bonds is 5. The smallest absolute Gasteiger partial charge is 0.0890 e. The largest absolute Gasteiger partial charge is 0.362 e. The van der Waals surface area contributed by atoms with Crippen LogP contribution in [0.1, 0.15) is 40.0 Å². The Bertz CT molecular complexity index is 143. The van der Waals surface area contributed by atoms with Gasteiger partial charge in [-0.25, -0.2) is 0 Å². The molecule has 0 spiro atoms. The van der Waals surface area contributed by atoms with E-state index in [0.717, 1.165) is 6.67 Å². The molecule has 0 radical (unpaired) electrons. The van der Waals surface area contributed by atoms with Gasteiger partial charge in [0.05, 0.1) is 6.67 Å². The molecule has 0 unspecified atom stereocenters. The summed E-state index contributed by atoms with van der Waals surface area (Å²) in [6, 6.07) is 0. The molecule has 0 aromatic carbocycles. The lowest BCUT2D eigenvalue weighted by molar-refractivity contribution is 0.291. The van der Waals surface area contributed by atoms with Crippen molar-refractivity contribution in [3.63, 3.8) is 0 Å². The fourth-order valence-electron chi connectivity index (χ4n) is 1.48. The molecule has 0 amide bonds. The third-order valence-corrected chi connectivity index (χ3v) is 2.24. The summed E-state index contributed by atoms with van der Waals surface area (Å²) in [6.45, 7) is 4.55. The monoisotopic (exact) mass is 184 g/mol. The molecule has 0 saturated carbocycles. The number of nitrogens with zero attached hydrogens (tertiary/aromatic N) is 2. The van der Waals surface area contributed by atoms with Gasteiger partial charge in [-0.1, -0.05) is 33.6 Å². The molecule has 13 heavy (non-hydrogen) atoms. The molecule has 0 atom stereocenters. The highest BCUT2D eigenvalue weighted by Crippen LogP contribution is 2.06. The van der Waals surface area contributed by atoms with E-state index in [2.05, 4.69) is 36.2 Å². The van der Waals surface area contributed by atoms with Gasteiger partial charge in [0.1, 0.15) is 0 Å². The molecule has 0 aromatic rings. The second-order valence-electron chi connectivity index (χ2n) is 3.57. The summed E-state index contributed by atoms with van der Waals surface area (Å²) in [4.78, 5) is 4.58. The summed E-state index contributed by atoms with van der Waals surface area (Å²) in [7, 11) is 2.11. The summed E-state index contributed by atoms with van der Waals surface area (Å²) >= 11 is 0. The van der Waals surface area contributed by atoms with Crippen molar-refractivity contribution in [1.82, 2.24) is 9.80 Å². The molecule has 0 fully saturated rings. The molecular formula is C11H24N2. The first-order valence-corrected chi connectivity index (χ1v) is 4.95. The van der Waals surface area contributed by atoms with Crippen LogP contribution in [-0.4, -0.2) is 30.1 Å². The normalized spacial score (nSPS) is 14.9. The minimum absolute atomic E-state index is 0. The van der Waals surface area contributed by atoms with Crippen LogP contribution in [0.3, 0.4) is 0 Å². The molecule has 1 aliphatic rings. The molecular weight excluding hydrogens is 160 g/mol. The molecule has 0 saturated heterocycles. The molecule has 2 heteroatoms. The Kier molecular flexibility index (Phi) is 6.47. The van der Waals surface area contributed by atoms with Gasteiger partial charge in [-0.15, -0.1) is 0 Å². The summed E-state index contributed by atoms with van der Waals surface area (Å²) in [5.74, 6) is 0. The minimum Gasteiger partial charge on any atom is -0.362 e. The molecule has 0 aliphatic carbocycles. The van der Waals surface area contributed by atoms with E-state index in [9.17, 15) is 0 Å². The molecule has 1 aliphatic heterocycles. The number of hydrogen-bond donors (Lipinski definition) is 0. The Morgan fingerprint density at radius 2 is 1.92 bits per heavy atom. The van der Waals surface area contributed by atoms with Gasteiger partial charge in [-0.3, -0.25) is 0 Å². The lowest BCUT2D eigenvalue weighted by atomic mass is 10.2. The molecule has 78 valence electrons. The Labute approximate surface area is 83.2 Å². The maximum absolute atomic E-state index is 2.37. The van der Waals surface area contributed by atoms with Gasteiger partial charge in [-0.05, 0) is 6.42 Å². The first-order chi connectivity index (χ1) is 5.83. The Morgan fingerprint density at radius 1 is 1.15 bits per heavy atom. The SMILES string of the molecule is C.CCCCCCN1C=CN(C)C1. The van der Waals surface area contributed by atoms with Crippen molar-refractivity contribution in [3.8, 4) is 0 Å². The predicted octanol–water partition coefficient (Wildman–Crippen LogP) is 2.88. The molecule has 0 N–H and O–H groups in total. The van der Waals surface area contributed by atoms with Crippen LogP contribution < -0.4 is 0 Å². The van der Waals surface area contributed by atoms with Crippen LogP contribution in [0.2, 0.25) is 0 Å². The predicted molar refractivity (Wildman–Crippen MR) is 59.3 cm³/mol. The van der Waals surface area contributed by atoms with Gasteiger partial charge < -0.3 is 9.80 Å². The highest BCUT2D eigenvalue weighted by atomic mass is 15.3. The lowest BCUT2D eigenvalue weighted by Crippen LogP contribution is -2.23. The maximum Gasteiger partial charge on any atom is 0.0890 e. The second kappa shape index (κ2) is 6.81.